The molecule has 0 spiro atoms. The van der Waals surface area contributed by atoms with Gasteiger partial charge in [0.2, 0.25) is 0 Å². The average Bonchev–Trinajstić information content (AvgIpc) is 3.10. The lowest BCUT2D eigenvalue weighted by atomic mass is 10.2. The molecule has 1 atom stereocenters. The molecule has 0 amide bonds. The van der Waals surface area contributed by atoms with Crippen molar-refractivity contribution in [3.63, 3.8) is 0 Å². The molecule has 1 aliphatic rings. The van der Waals surface area contributed by atoms with E-state index in [1.807, 2.05) is 0 Å². The molecule has 5 heteroatoms. The summed E-state index contributed by atoms with van der Waals surface area (Å²) < 4.78 is 14.9. The van der Waals surface area contributed by atoms with Crippen molar-refractivity contribution in [2.45, 2.75) is 31.3 Å². The number of nitrogens with one attached hydrogen (secondary N) is 1. The third kappa shape index (κ3) is 5.44. The van der Waals surface area contributed by atoms with Gasteiger partial charge in [-0.25, -0.2) is 0 Å². The second-order valence-electron chi connectivity index (χ2n) is 3.91. The first kappa shape index (κ1) is 13.4. The predicted octanol–water partition coefficient (Wildman–Crippen LogP) is 0.333. The molecule has 94 valence electrons. The number of rotatable bonds is 9. The molecule has 1 aliphatic carbocycles. The van der Waals surface area contributed by atoms with Crippen LogP contribution in [0, 0.1) is 0 Å². The third-order valence-corrected chi connectivity index (χ3v) is 2.48. The summed E-state index contributed by atoms with van der Waals surface area (Å²) in [6.07, 6.45) is 2.95. The zero-order valence-corrected chi connectivity index (χ0v) is 10.0. The van der Waals surface area contributed by atoms with Gasteiger partial charge in [-0.1, -0.05) is 0 Å². The molecule has 0 bridgehead atoms. The summed E-state index contributed by atoms with van der Waals surface area (Å²) in [7, 11) is 3.05. The topological polar surface area (TPSA) is 56.8 Å². The molecule has 5 nitrogen and oxygen atoms in total. The molecule has 0 heterocycles. The molecule has 0 aliphatic heterocycles. The van der Waals surface area contributed by atoms with Crippen molar-refractivity contribution in [3.8, 4) is 0 Å². The van der Waals surface area contributed by atoms with Crippen LogP contribution >= 0.6 is 0 Å². The minimum Gasteiger partial charge on any atom is -0.468 e. The first-order chi connectivity index (χ1) is 7.77. The summed E-state index contributed by atoms with van der Waals surface area (Å²) in [4.78, 5) is 11.4. The van der Waals surface area contributed by atoms with E-state index in [0.717, 1.165) is 12.8 Å². The van der Waals surface area contributed by atoms with E-state index in [4.69, 9.17) is 14.2 Å². The van der Waals surface area contributed by atoms with Crippen molar-refractivity contribution in [2.75, 3.05) is 34.0 Å². The smallest absolute Gasteiger partial charge is 0.322 e. The number of methoxy groups -OCH3 is 2. The Morgan fingerprint density at radius 1 is 1.31 bits per heavy atom. The van der Waals surface area contributed by atoms with Gasteiger partial charge in [0.05, 0.1) is 20.3 Å². The fraction of sp³-hybridized carbons (Fsp3) is 0.909. The van der Waals surface area contributed by atoms with Crippen LogP contribution in [0.2, 0.25) is 0 Å². The van der Waals surface area contributed by atoms with E-state index in [0.29, 0.717) is 32.3 Å². The second kappa shape index (κ2) is 7.60. The predicted molar refractivity (Wildman–Crippen MR) is 59.3 cm³/mol. The molecule has 1 rings (SSSR count). The Hall–Kier alpha value is -0.650. The van der Waals surface area contributed by atoms with E-state index in [2.05, 4.69) is 5.32 Å². The molecular weight excluding hydrogens is 210 g/mol. The molecule has 0 aromatic carbocycles. The zero-order chi connectivity index (χ0) is 11.8. The highest BCUT2D eigenvalue weighted by Crippen LogP contribution is 2.20. The molecule has 0 aromatic heterocycles. The van der Waals surface area contributed by atoms with Crippen LogP contribution in [-0.4, -0.2) is 52.1 Å². The van der Waals surface area contributed by atoms with Crippen molar-refractivity contribution >= 4 is 5.97 Å². The van der Waals surface area contributed by atoms with E-state index in [-0.39, 0.29) is 12.0 Å². The van der Waals surface area contributed by atoms with Crippen molar-refractivity contribution in [3.05, 3.63) is 0 Å². The van der Waals surface area contributed by atoms with Crippen molar-refractivity contribution < 1.29 is 19.0 Å². The van der Waals surface area contributed by atoms with Gasteiger partial charge in [0.1, 0.15) is 6.04 Å². The Morgan fingerprint density at radius 3 is 2.62 bits per heavy atom. The number of carbonyl (C=O) groups is 1. The van der Waals surface area contributed by atoms with Gasteiger partial charge in [-0.2, -0.15) is 0 Å². The molecule has 0 saturated heterocycles. The molecule has 0 aromatic rings. The minimum absolute atomic E-state index is 0.206. The maximum absolute atomic E-state index is 11.4. The number of hydrogen-bond acceptors (Lipinski definition) is 5. The van der Waals surface area contributed by atoms with Gasteiger partial charge in [-0.05, 0) is 19.3 Å². The lowest BCUT2D eigenvalue weighted by Gasteiger charge is -2.15. The first-order valence-corrected chi connectivity index (χ1v) is 5.68. The number of carbonyl (C=O) groups excluding carboxylic acids is 1. The second-order valence-corrected chi connectivity index (χ2v) is 3.91. The van der Waals surface area contributed by atoms with E-state index in [9.17, 15) is 4.79 Å². The highest BCUT2D eigenvalue weighted by Gasteiger charge is 2.28. The Balaban J connectivity index is 2.13. The van der Waals surface area contributed by atoms with Crippen molar-refractivity contribution in [2.24, 2.45) is 0 Å². The van der Waals surface area contributed by atoms with Crippen LogP contribution in [0.1, 0.15) is 19.3 Å². The summed E-state index contributed by atoms with van der Waals surface area (Å²) in [5.74, 6) is -0.206. The lowest BCUT2D eigenvalue weighted by Crippen LogP contribution is -2.39. The Morgan fingerprint density at radius 2 is 2.06 bits per heavy atom. The average molecular weight is 231 g/mol. The summed E-state index contributed by atoms with van der Waals surface area (Å²) >= 11 is 0. The molecule has 1 unspecified atom stereocenters. The molecule has 0 radical (unpaired) electrons. The fourth-order valence-corrected chi connectivity index (χ4v) is 1.39. The van der Waals surface area contributed by atoms with Gasteiger partial charge < -0.3 is 19.5 Å². The van der Waals surface area contributed by atoms with Gasteiger partial charge in [-0.15, -0.1) is 0 Å². The van der Waals surface area contributed by atoms with Crippen LogP contribution < -0.4 is 5.32 Å². The standard InChI is InChI=1S/C11H21NO4/c1-14-7-8-16-6-5-10(11(13)15-2)12-9-3-4-9/h9-10,12H,3-8H2,1-2H3. The van der Waals surface area contributed by atoms with Gasteiger partial charge in [-0.3, -0.25) is 4.79 Å². The Kier molecular flexibility index (Phi) is 6.37. The summed E-state index contributed by atoms with van der Waals surface area (Å²) in [5.41, 5.74) is 0. The number of ether oxygens (including phenoxy) is 3. The van der Waals surface area contributed by atoms with Gasteiger partial charge in [0.25, 0.3) is 0 Å². The molecule has 1 fully saturated rings. The van der Waals surface area contributed by atoms with Crippen LogP contribution in [0.15, 0.2) is 0 Å². The normalized spacial score (nSPS) is 17.1. The molecule has 1 saturated carbocycles. The van der Waals surface area contributed by atoms with Crippen molar-refractivity contribution in [1.29, 1.82) is 0 Å². The van der Waals surface area contributed by atoms with E-state index >= 15 is 0 Å². The van der Waals surface area contributed by atoms with Crippen LogP contribution in [0.5, 0.6) is 0 Å². The number of hydrogen-bond donors (Lipinski definition) is 1. The lowest BCUT2D eigenvalue weighted by molar-refractivity contribution is -0.143. The number of esters is 1. The summed E-state index contributed by atoms with van der Waals surface area (Å²) in [6.45, 7) is 1.69. The van der Waals surface area contributed by atoms with E-state index in [1.54, 1.807) is 7.11 Å². The zero-order valence-electron chi connectivity index (χ0n) is 10.0. The van der Waals surface area contributed by atoms with Crippen LogP contribution in [0.25, 0.3) is 0 Å². The van der Waals surface area contributed by atoms with E-state index in [1.165, 1.54) is 7.11 Å². The van der Waals surface area contributed by atoms with Gasteiger partial charge in [0.15, 0.2) is 0 Å². The van der Waals surface area contributed by atoms with Crippen LogP contribution in [0.3, 0.4) is 0 Å². The highest BCUT2D eigenvalue weighted by atomic mass is 16.5. The fourth-order valence-electron chi connectivity index (χ4n) is 1.39. The first-order valence-electron chi connectivity index (χ1n) is 5.68. The molecular formula is C11H21NO4. The Bertz CT molecular complexity index is 206. The van der Waals surface area contributed by atoms with Crippen LogP contribution in [0.4, 0.5) is 0 Å². The quantitative estimate of drug-likeness (QED) is 0.458. The van der Waals surface area contributed by atoms with E-state index < -0.39 is 0 Å². The Labute approximate surface area is 96.4 Å². The van der Waals surface area contributed by atoms with Gasteiger partial charge in [0, 0.05) is 19.8 Å². The molecule has 16 heavy (non-hydrogen) atoms. The monoisotopic (exact) mass is 231 g/mol. The minimum atomic E-state index is -0.236. The van der Waals surface area contributed by atoms with Gasteiger partial charge >= 0.3 is 5.97 Å². The summed E-state index contributed by atoms with van der Waals surface area (Å²) in [6, 6.07) is 0.253. The maximum Gasteiger partial charge on any atom is 0.322 e. The third-order valence-electron chi connectivity index (χ3n) is 2.48. The van der Waals surface area contributed by atoms with Crippen molar-refractivity contribution in [1.82, 2.24) is 5.32 Å². The maximum atomic E-state index is 11.4. The SMILES string of the molecule is COCCOCCC(NC1CC1)C(=O)OC. The summed E-state index contributed by atoms with van der Waals surface area (Å²) in [5, 5.41) is 3.25. The molecule has 1 N–H and O–H groups in total. The largest absolute Gasteiger partial charge is 0.468 e. The van der Waals surface area contributed by atoms with Crippen LogP contribution in [-0.2, 0) is 19.0 Å². The highest BCUT2D eigenvalue weighted by molar-refractivity contribution is 5.75.